The Morgan fingerprint density at radius 2 is 0.814 bits per heavy atom. The molecular weight excluding hydrogens is 731 g/mol. The number of nitrogens with one attached hydrogen (secondary N) is 1. The normalized spacial score (nSPS) is 13.2. The quantitative estimate of drug-likeness (QED) is 0.0322. The molecule has 0 aromatic carbocycles. The average Bonchev–Trinajstić information content (AvgIpc) is 3.23. The maximum atomic E-state index is 13.2. The Labute approximate surface area is 368 Å². The molecule has 0 saturated carbocycles. The van der Waals surface area contributed by atoms with Gasteiger partial charge < -0.3 is 20.3 Å². The van der Waals surface area contributed by atoms with Crippen molar-refractivity contribution in [2.24, 2.45) is 0 Å². The van der Waals surface area contributed by atoms with E-state index in [0.29, 0.717) is 19.3 Å². The van der Waals surface area contributed by atoms with Gasteiger partial charge in [0.1, 0.15) is 6.10 Å². The molecule has 0 heterocycles. The Morgan fingerprint density at radius 1 is 0.475 bits per heavy atom. The first-order valence-corrected chi connectivity index (χ1v) is 26.4. The van der Waals surface area contributed by atoms with E-state index in [0.717, 1.165) is 57.8 Å². The van der Waals surface area contributed by atoms with Crippen LogP contribution in [0.25, 0.3) is 0 Å². The number of unbranched alkanes of at least 4 members (excludes halogenated alkanes) is 34. The van der Waals surface area contributed by atoms with Crippen molar-refractivity contribution in [1.29, 1.82) is 0 Å². The lowest BCUT2D eigenvalue weighted by Crippen LogP contribution is -2.46. The van der Waals surface area contributed by atoms with Crippen molar-refractivity contribution in [3.05, 3.63) is 12.2 Å². The third-order valence-electron chi connectivity index (χ3n) is 12.3. The summed E-state index contributed by atoms with van der Waals surface area (Å²) in [6.45, 7) is 6.50. The highest BCUT2D eigenvalue weighted by Gasteiger charge is 2.24. The summed E-state index contributed by atoms with van der Waals surface area (Å²) in [7, 11) is 0. The zero-order chi connectivity index (χ0) is 43.1. The van der Waals surface area contributed by atoms with Crippen molar-refractivity contribution in [3.63, 3.8) is 0 Å². The fraction of sp³-hybridized carbons (Fsp3) is 0.925. The second-order valence-corrected chi connectivity index (χ2v) is 18.3. The molecule has 3 N–H and O–H groups in total. The van der Waals surface area contributed by atoms with Crippen molar-refractivity contribution in [2.75, 3.05) is 6.61 Å². The van der Waals surface area contributed by atoms with Crippen LogP contribution in [0.3, 0.4) is 0 Å². The van der Waals surface area contributed by atoms with Gasteiger partial charge in [0.25, 0.3) is 0 Å². The molecule has 0 fully saturated rings. The molecule has 0 aliphatic carbocycles. The molecule has 0 aliphatic rings. The van der Waals surface area contributed by atoms with Gasteiger partial charge in [-0.25, -0.2) is 0 Å². The summed E-state index contributed by atoms with van der Waals surface area (Å²) in [6.07, 6.45) is 52.7. The molecule has 350 valence electrons. The van der Waals surface area contributed by atoms with E-state index in [4.69, 9.17) is 4.74 Å². The minimum atomic E-state index is -0.785. The summed E-state index contributed by atoms with van der Waals surface area (Å²) < 4.78 is 5.93. The first kappa shape index (κ1) is 57.6. The lowest BCUT2D eigenvalue weighted by atomic mass is 10.0. The lowest BCUT2D eigenvalue weighted by Gasteiger charge is -2.24. The number of carbonyl (C=O) groups is 2. The largest absolute Gasteiger partial charge is 0.462 e. The zero-order valence-electron chi connectivity index (χ0n) is 39.9. The Hall–Kier alpha value is -1.40. The van der Waals surface area contributed by atoms with E-state index >= 15 is 0 Å². The van der Waals surface area contributed by atoms with E-state index < -0.39 is 18.2 Å². The Balaban J connectivity index is 4.56. The summed E-state index contributed by atoms with van der Waals surface area (Å²) in [4.78, 5) is 26.1. The molecule has 59 heavy (non-hydrogen) atoms. The maximum Gasteiger partial charge on any atom is 0.306 e. The third kappa shape index (κ3) is 43.1. The SMILES string of the molecule is CCCCCCCCC/C=C/CCCCCC(CC(=O)NC(CO)C(O)CCCCCCCCCCCCCC)OC(=O)CCCCCCCCCCCCCCCC. The van der Waals surface area contributed by atoms with Crippen LogP contribution < -0.4 is 5.32 Å². The van der Waals surface area contributed by atoms with Crippen LogP contribution in [-0.4, -0.2) is 46.9 Å². The number of hydrogen-bond donors (Lipinski definition) is 3. The topological polar surface area (TPSA) is 95.9 Å². The highest BCUT2D eigenvalue weighted by molar-refractivity contribution is 5.77. The number of rotatable bonds is 48. The van der Waals surface area contributed by atoms with Crippen LogP contribution in [0, 0.1) is 0 Å². The van der Waals surface area contributed by atoms with Gasteiger partial charge in [0.05, 0.1) is 25.2 Å². The number of amides is 1. The molecule has 6 nitrogen and oxygen atoms in total. The number of allylic oxidation sites excluding steroid dienone is 2. The number of aliphatic hydroxyl groups is 2. The highest BCUT2D eigenvalue weighted by Crippen LogP contribution is 2.18. The van der Waals surface area contributed by atoms with Crippen molar-refractivity contribution < 1.29 is 24.5 Å². The van der Waals surface area contributed by atoms with Gasteiger partial charge in [-0.15, -0.1) is 0 Å². The second-order valence-electron chi connectivity index (χ2n) is 18.3. The Kier molecular flexibility index (Phi) is 46.5. The number of esters is 1. The molecule has 0 saturated heterocycles. The summed E-state index contributed by atoms with van der Waals surface area (Å²) in [6, 6.07) is -0.699. The fourth-order valence-corrected chi connectivity index (χ4v) is 8.31. The van der Waals surface area contributed by atoms with Gasteiger partial charge in [0, 0.05) is 6.42 Å². The number of aliphatic hydroxyl groups excluding tert-OH is 2. The molecule has 0 bridgehead atoms. The third-order valence-corrected chi connectivity index (χ3v) is 12.3. The van der Waals surface area contributed by atoms with E-state index in [1.807, 2.05) is 0 Å². The molecular formula is C53H103NO5. The summed E-state index contributed by atoms with van der Waals surface area (Å²) in [5.74, 6) is -0.471. The first-order chi connectivity index (χ1) is 29.0. The minimum Gasteiger partial charge on any atom is -0.462 e. The Bertz CT molecular complexity index is 893. The molecule has 1 amide bonds. The van der Waals surface area contributed by atoms with Crippen molar-refractivity contribution >= 4 is 11.9 Å². The van der Waals surface area contributed by atoms with Gasteiger partial charge in [0.15, 0.2) is 0 Å². The zero-order valence-corrected chi connectivity index (χ0v) is 39.9. The minimum absolute atomic E-state index is 0.0741. The van der Waals surface area contributed by atoms with Gasteiger partial charge in [-0.2, -0.15) is 0 Å². The molecule has 0 spiro atoms. The molecule has 0 aromatic heterocycles. The number of ether oxygens (including phenoxy) is 1. The van der Waals surface area contributed by atoms with Crippen molar-refractivity contribution in [3.8, 4) is 0 Å². The van der Waals surface area contributed by atoms with E-state index in [1.165, 1.54) is 186 Å². The molecule has 3 atom stereocenters. The smallest absolute Gasteiger partial charge is 0.306 e. The molecule has 0 radical (unpaired) electrons. The number of carbonyl (C=O) groups excluding carboxylic acids is 2. The first-order valence-electron chi connectivity index (χ1n) is 26.4. The molecule has 6 heteroatoms. The summed E-state index contributed by atoms with van der Waals surface area (Å²) >= 11 is 0. The van der Waals surface area contributed by atoms with Crippen molar-refractivity contribution in [1.82, 2.24) is 5.32 Å². The average molecular weight is 834 g/mol. The van der Waals surface area contributed by atoms with Crippen LogP contribution >= 0.6 is 0 Å². The van der Waals surface area contributed by atoms with Gasteiger partial charge in [-0.1, -0.05) is 238 Å². The van der Waals surface area contributed by atoms with Crippen LogP contribution in [0.4, 0.5) is 0 Å². The number of hydrogen-bond acceptors (Lipinski definition) is 5. The van der Waals surface area contributed by atoms with Crippen LogP contribution in [-0.2, 0) is 14.3 Å². The van der Waals surface area contributed by atoms with Gasteiger partial charge in [-0.3, -0.25) is 9.59 Å². The Morgan fingerprint density at radius 3 is 1.22 bits per heavy atom. The van der Waals surface area contributed by atoms with E-state index in [-0.39, 0.29) is 24.9 Å². The lowest BCUT2D eigenvalue weighted by molar-refractivity contribution is -0.151. The van der Waals surface area contributed by atoms with E-state index in [2.05, 4.69) is 38.2 Å². The van der Waals surface area contributed by atoms with Crippen LogP contribution in [0.1, 0.15) is 290 Å². The maximum absolute atomic E-state index is 13.2. The van der Waals surface area contributed by atoms with Crippen LogP contribution in [0.2, 0.25) is 0 Å². The molecule has 0 rings (SSSR count). The molecule has 0 aliphatic heterocycles. The van der Waals surface area contributed by atoms with Crippen molar-refractivity contribution in [2.45, 2.75) is 309 Å². The summed E-state index contributed by atoms with van der Waals surface area (Å²) in [5, 5.41) is 23.8. The molecule has 3 unspecified atom stereocenters. The second kappa shape index (κ2) is 47.6. The van der Waals surface area contributed by atoms with Crippen LogP contribution in [0.5, 0.6) is 0 Å². The van der Waals surface area contributed by atoms with Gasteiger partial charge in [-0.05, 0) is 51.4 Å². The van der Waals surface area contributed by atoms with Gasteiger partial charge >= 0.3 is 5.97 Å². The predicted octanol–water partition coefficient (Wildman–Crippen LogP) is 15.7. The van der Waals surface area contributed by atoms with Gasteiger partial charge in [0.2, 0.25) is 5.91 Å². The standard InChI is InChI=1S/C53H103NO5/c1-4-7-10-13-16-19-22-25-27-29-32-35-38-41-44-49(59-53(58)46-43-40-37-34-31-28-26-23-20-17-14-11-8-5-2)47-52(57)54-50(48-55)51(56)45-42-39-36-33-30-24-21-18-15-12-9-6-3/h27,29,49-51,55-56H,4-26,28,30-48H2,1-3H3,(H,54,57)/b29-27+. The highest BCUT2D eigenvalue weighted by atomic mass is 16.5. The van der Waals surface area contributed by atoms with E-state index in [1.54, 1.807) is 0 Å². The monoisotopic (exact) mass is 834 g/mol. The van der Waals surface area contributed by atoms with Crippen LogP contribution in [0.15, 0.2) is 12.2 Å². The van der Waals surface area contributed by atoms with E-state index in [9.17, 15) is 19.8 Å². The summed E-state index contributed by atoms with van der Waals surface area (Å²) in [5.41, 5.74) is 0. The predicted molar refractivity (Wildman–Crippen MR) is 255 cm³/mol. The fourth-order valence-electron chi connectivity index (χ4n) is 8.31. The molecule has 0 aromatic rings.